The number of carbonyl (C=O) groups is 1. The topological polar surface area (TPSA) is 33.2 Å². The third kappa shape index (κ3) is 3.27. The summed E-state index contributed by atoms with van der Waals surface area (Å²) in [6, 6.07) is 0. The van der Waals surface area contributed by atoms with E-state index in [2.05, 4.69) is 4.98 Å². The van der Waals surface area contributed by atoms with Crippen LogP contribution in [-0.2, 0) is 11.3 Å². The van der Waals surface area contributed by atoms with Gasteiger partial charge in [0.05, 0.1) is 11.6 Å². The highest BCUT2D eigenvalue weighted by Crippen LogP contribution is 2.13. The van der Waals surface area contributed by atoms with Crippen molar-refractivity contribution in [1.29, 1.82) is 0 Å². The summed E-state index contributed by atoms with van der Waals surface area (Å²) in [4.78, 5) is 18.3. The van der Waals surface area contributed by atoms with Crippen LogP contribution >= 0.6 is 22.9 Å². The smallest absolute Gasteiger partial charge is 0.223 e. The van der Waals surface area contributed by atoms with Gasteiger partial charge in [0.15, 0.2) is 0 Å². The Morgan fingerprint density at radius 2 is 2.43 bits per heavy atom. The second kappa shape index (κ2) is 5.32. The Morgan fingerprint density at radius 1 is 1.71 bits per heavy atom. The Morgan fingerprint density at radius 3 is 2.93 bits per heavy atom. The molecular formula is C9H13ClN2OS. The normalized spacial score (nSPS) is 10.2. The molecule has 0 aliphatic heterocycles. The Kier molecular flexibility index (Phi) is 4.35. The van der Waals surface area contributed by atoms with Gasteiger partial charge in [-0.1, -0.05) is 0 Å². The number of aryl methyl sites for hydroxylation is 1. The second-order valence-electron chi connectivity index (χ2n) is 3.03. The summed E-state index contributed by atoms with van der Waals surface area (Å²) in [5.74, 6) is 0.455. The predicted octanol–water partition coefficient (Wildman–Crippen LogP) is 2.04. The van der Waals surface area contributed by atoms with Crippen molar-refractivity contribution in [3.05, 3.63) is 16.1 Å². The average Bonchev–Trinajstić information content (AvgIpc) is 2.51. The van der Waals surface area contributed by atoms with Gasteiger partial charge in [-0.25, -0.2) is 4.98 Å². The zero-order chi connectivity index (χ0) is 10.6. The third-order valence-corrected chi connectivity index (χ3v) is 2.88. The van der Waals surface area contributed by atoms with Gasteiger partial charge < -0.3 is 4.90 Å². The molecule has 0 unspecified atom stereocenters. The van der Waals surface area contributed by atoms with Crippen LogP contribution in [0.5, 0.6) is 0 Å². The van der Waals surface area contributed by atoms with Crippen molar-refractivity contribution in [2.75, 3.05) is 12.9 Å². The van der Waals surface area contributed by atoms with Crippen molar-refractivity contribution in [1.82, 2.24) is 9.88 Å². The van der Waals surface area contributed by atoms with Crippen molar-refractivity contribution >= 4 is 28.8 Å². The van der Waals surface area contributed by atoms with Crippen LogP contribution in [0.3, 0.4) is 0 Å². The van der Waals surface area contributed by atoms with Gasteiger partial charge in [-0.2, -0.15) is 0 Å². The molecule has 14 heavy (non-hydrogen) atoms. The van der Waals surface area contributed by atoms with E-state index in [1.54, 1.807) is 23.3 Å². The Labute approximate surface area is 92.7 Å². The summed E-state index contributed by atoms with van der Waals surface area (Å²) in [5.41, 5.74) is 0. The number of amides is 1. The standard InChI is InChI=1S/C9H13ClN2OS/c1-7-11-5-8(14-7)6-12(2)9(13)3-4-10/h5H,3-4,6H2,1-2H3. The first-order valence-corrected chi connectivity index (χ1v) is 5.70. The zero-order valence-corrected chi connectivity index (χ0v) is 9.86. The van der Waals surface area contributed by atoms with E-state index in [0.29, 0.717) is 18.8 Å². The number of rotatable bonds is 4. The number of aromatic nitrogens is 1. The quantitative estimate of drug-likeness (QED) is 0.745. The maximum absolute atomic E-state index is 11.4. The molecule has 0 fully saturated rings. The third-order valence-electron chi connectivity index (χ3n) is 1.80. The van der Waals surface area contributed by atoms with Crippen molar-refractivity contribution < 1.29 is 4.79 Å². The monoisotopic (exact) mass is 232 g/mol. The molecule has 1 aromatic heterocycles. The van der Waals surface area contributed by atoms with Gasteiger partial charge >= 0.3 is 0 Å². The lowest BCUT2D eigenvalue weighted by molar-refractivity contribution is -0.129. The van der Waals surface area contributed by atoms with Crippen LogP contribution in [0.1, 0.15) is 16.3 Å². The van der Waals surface area contributed by atoms with Crippen LogP contribution in [0.15, 0.2) is 6.20 Å². The molecule has 0 aromatic carbocycles. The molecule has 1 amide bonds. The van der Waals surface area contributed by atoms with Crippen LogP contribution in [0, 0.1) is 6.92 Å². The number of hydrogen-bond acceptors (Lipinski definition) is 3. The lowest BCUT2D eigenvalue weighted by atomic mass is 10.4. The highest BCUT2D eigenvalue weighted by Gasteiger charge is 2.09. The molecule has 0 radical (unpaired) electrons. The lowest BCUT2D eigenvalue weighted by Crippen LogP contribution is -2.25. The maximum Gasteiger partial charge on any atom is 0.223 e. The van der Waals surface area contributed by atoms with Gasteiger partial charge in [0.2, 0.25) is 5.91 Å². The number of carbonyl (C=O) groups excluding carboxylic acids is 1. The highest BCUT2D eigenvalue weighted by atomic mass is 35.5. The second-order valence-corrected chi connectivity index (χ2v) is 4.73. The highest BCUT2D eigenvalue weighted by molar-refractivity contribution is 7.11. The van der Waals surface area contributed by atoms with E-state index in [9.17, 15) is 4.79 Å². The Bertz CT molecular complexity index is 314. The van der Waals surface area contributed by atoms with Crippen molar-refractivity contribution in [2.45, 2.75) is 19.9 Å². The Hall–Kier alpha value is -0.610. The first-order valence-electron chi connectivity index (χ1n) is 4.34. The largest absolute Gasteiger partial charge is 0.341 e. The molecule has 0 atom stereocenters. The number of thiazole rings is 1. The summed E-state index contributed by atoms with van der Waals surface area (Å²) < 4.78 is 0. The van der Waals surface area contributed by atoms with E-state index < -0.39 is 0 Å². The fourth-order valence-corrected chi connectivity index (χ4v) is 2.08. The van der Waals surface area contributed by atoms with E-state index >= 15 is 0 Å². The molecule has 1 rings (SSSR count). The molecule has 0 aliphatic rings. The van der Waals surface area contributed by atoms with E-state index in [4.69, 9.17) is 11.6 Å². The maximum atomic E-state index is 11.4. The van der Waals surface area contributed by atoms with Crippen molar-refractivity contribution in [2.24, 2.45) is 0 Å². The molecule has 0 saturated carbocycles. The molecule has 0 aliphatic carbocycles. The van der Waals surface area contributed by atoms with Crippen molar-refractivity contribution in [3.63, 3.8) is 0 Å². The first-order chi connectivity index (χ1) is 6.63. The minimum atomic E-state index is 0.0750. The van der Waals surface area contributed by atoms with Gasteiger partial charge in [-0.05, 0) is 6.92 Å². The fraction of sp³-hybridized carbons (Fsp3) is 0.556. The van der Waals surface area contributed by atoms with E-state index in [1.165, 1.54) is 0 Å². The van der Waals surface area contributed by atoms with Crippen LogP contribution in [0.2, 0.25) is 0 Å². The van der Waals surface area contributed by atoms with Crippen LogP contribution in [0.4, 0.5) is 0 Å². The summed E-state index contributed by atoms with van der Waals surface area (Å²) >= 11 is 7.10. The molecule has 0 spiro atoms. The fourth-order valence-electron chi connectivity index (χ4n) is 1.07. The molecule has 3 nitrogen and oxygen atoms in total. The van der Waals surface area contributed by atoms with Gasteiger partial charge in [0.25, 0.3) is 0 Å². The van der Waals surface area contributed by atoms with Crippen LogP contribution in [-0.4, -0.2) is 28.7 Å². The summed E-state index contributed by atoms with van der Waals surface area (Å²) in [5, 5.41) is 1.03. The van der Waals surface area contributed by atoms with Crippen LogP contribution in [0.25, 0.3) is 0 Å². The average molecular weight is 233 g/mol. The molecule has 5 heteroatoms. The van der Waals surface area contributed by atoms with E-state index in [1.807, 2.05) is 13.1 Å². The molecule has 0 bridgehead atoms. The predicted molar refractivity (Wildman–Crippen MR) is 58.7 cm³/mol. The summed E-state index contributed by atoms with van der Waals surface area (Å²) in [7, 11) is 1.78. The molecule has 0 saturated heterocycles. The molecule has 78 valence electrons. The van der Waals surface area contributed by atoms with E-state index in [0.717, 1.165) is 9.88 Å². The van der Waals surface area contributed by atoms with Crippen LogP contribution < -0.4 is 0 Å². The van der Waals surface area contributed by atoms with Gasteiger partial charge in [-0.15, -0.1) is 22.9 Å². The minimum absolute atomic E-state index is 0.0750. The number of halogens is 1. The molecule has 0 N–H and O–H groups in total. The Balaban J connectivity index is 2.48. The van der Waals surface area contributed by atoms with Gasteiger partial charge in [0.1, 0.15) is 0 Å². The molecule has 1 aromatic rings. The minimum Gasteiger partial charge on any atom is -0.341 e. The SMILES string of the molecule is Cc1ncc(CN(C)C(=O)CCCl)s1. The molecular weight excluding hydrogens is 220 g/mol. The van der Waals surface area contributed by atoms with Gasteiger partial charge in [-0.3, -0.25) is 4.79 Å². The summed E-state index contributed by atoms with van der Waals surface area (Å²) in [6.07, 6.45) is 2.21. The molecule has 1 heterocycles. The number of nitrogens with zero attached hydrogens (tertiary/aromatic N) is 2. The summed E-state index contributed by atoms with van der Waals surface area (Å²) in [6.45, 7) is 2.58. The number of hydrogen-bond donors (Lipinski definition) is 0. The zero-order valence-electron chi connectivity index (χ0n) is 8.29. The van der Waals surface area contributed by atoms with E-state index in [-0.39, 0.29) is 5.91 Å². The number of alkyl halides is 1. The lowest BCUT2D eigenvalue weighted by Gasteiger charge is -2.14. The van der Waals surface area contributed by atoms with Gasteiger partial charge in [0, 0.05) is 30.4 Å². The van der Waals surface area contributed by atoms with Crippen molar-refractivity contribution in [3.8, 4) is 0 Å². The first kappa shape index (κ1) is 11.5.